The molecule has 0 heterocycles. The molecule has 5 heteroatoms. The summed E-state index contributed by atoms with van der Waals surface area (Å²) >= 11 is 6.90. The standard InChI is InChI=1S/C8H7BrF2OS/c9-6-3-5(10)4-7(11)8(6)12-1-2-13/h3-4,13H,1-2H2. The largest absolute Gasteiger partial charge is 0.488 e. The zero-order chi connectivity index (χ0) is 9.84. The van der Waals surface area contributed by atoms with Gasteiger partial charge in [0.05, 0.1) is 11.1 Å². The Labute approximate surface area is 88.6 Å². The lowest BCUT2D eigenvalue weighted by atomic mass is 10.3. The Kier molecular flexibility index (Phi) is 3.99. The predicted octanol–water partition coefficient (Wildman–Crippen LogP) is 3.04. The van der Waals surface area contributed by atoms with Crippen LogP contribution in [0.4, 0.5) is 8.78 Å². The van der Waals surface area contributed by atoms with E-state index in [0.717, 1.165) is 12.1 Å². The summed E-state index contributed by atoms with van der Waals surface area (Å²) in [7, 11) is 0. The van der Waals surface area contributed by atoms with Gasteiger partial charge in [-0.1, -0.05) is 0 Å². The second kappa shape index (κ2) is 4.81. The van der Waals surface area contributed by atoms with E-state index in [1.807, 2.05) is 0 Å². The van der Waals surface area contributed by atoms with Crippen molar-refractivity contribution in [1.29, 1.82) is 0 Å². The molecule has 0 amide bonds. The minimum Gasteiger partial charge on any atom is -0.488 e. The second-order valence-electron chi connectivity index (χ2n) is 2.27. The first-order valence-electron chi connectivity index (χ1n) is 3.53. The molecule has 1 nitrogen and oxygen atoms in total. The molecular formula is C8H7BrF2OS. The lowest BCUT2D eigenvalue weighted by Crippen LogP contribution is -2.01. The van der Waals surface area contributed by atoms with Crippen LogP contribution in [0.15, 0.2) is 16.6 Å². The van der Waals surface area contributed by atoms with Crippen molar-refractivity contribution in [3.8, 4) is 5.75 Å². The number of hydrogen-bond acceptors (Lipinski definition) is 2. The maximum Gasteiger partial charge on any atom is 0.169 e. The van der Waals surface area contributed by atoms with Gasteiger partial charge in [-0.15, -0.1) is 0 Å². The van der Waals surface area contributed by atoms with Gasteiger partial charge in [-0.05, 0) is 22.0 Å². The highest BCUT2D eigenvalue weighted by molar-refractivity contribution is 9.10. The van der Waals surface area contributed by atoms with Crippen LogP contribution in [-0.2, 0) is 0 Å². The molecule has 13 heavy (non-hydrogen) atoms. The monoisotopic (exact) mass is 268 g/mol. The van der Waals surface area contributed by atoms with Crippen LogP contribution in [0, 0.1) is 11.6 Å². The fourth-order valence-corrected chi connectivity index (χ4v) is 1.43. The fraction of sp³-hybridized carbons (Fsp3) is 0.250. The molecule has 0 spiro atoms. The molecule has 1 aromatic carbocycles. The first-order chi connectivity index (χ1) is 6.15. The topological polar surface area (TPSA) is 9.23 Å². The van der Waals surface area contributed by atoms with Crippen LogP contribution in [0.2, 0.25) is 0 Å². The third kappa shape index (κ3) is 2.84. The van der Waals surface area contributed by atoms with Crippen molar-refractivity contribution in [2.75, 3.05) is 12.4 Å². The molecule has 1 aromatic rings. The number of rotatable bonds is 3. The fourth-order valence-electron chi connectivity index (χ4n) is 0.815. The van der Waals surface area contributed by atoms with Gasteiger partial charge in [-0.3, -0.25) is 0 Å². The molecule has 0 fully saturated rings. The van der Waals surface area contributed by atoms with Crippen LogP contribution in [-0.4, -0.2) is 12.4 Å². The zero-order valence-electron chi connectivity index (χ0n) is 6.56. The summed E-state index contributed by atoms with van der Waals surface area (Å²) in [5.74, 6) is -0.852. The van der Waals surface area contributed by atoms with Gasteiger partial charge >= 0.3 is 0 Å². The lowest BCUT2D eigenvalue weighted by Gasteiger charge is -2.07. The molecule has 0 saturated carbocycles. The van der Waals surface area contributed by atoms with Crippen molar-refractivity contribution < 1.29 is 13.5 Å². The molecule has 0 unspecified atom stereocenters. The molecule has 72 valence electrons. The van der Waals surface area contributed by atoms with Crippen molar-refractivity contribution in [3.05, 3.63) is 28.2 Å². The van der Waals surface area contributed by atoms with Crippen molar-refractivity contribution in [3.63, 3.8) is 0 Å². The van der Waals surface area contributed by atoms with Crippen LogP contribution in [0.25, 0.3) is 0 Å². The Morgan fingerprint density at radius 3 is 2.62 bits per heavy atom. The zero-order valence-corrected chi connectivity index (χ0v) is 9.04. The van der Waals surface area contributed by atoms with Gasteiger partial charge in [-0.25, -0.2) is 8.78 Å². The summed E-state index contributed by atoms with van der Waals surface area (Å²) in [4.78, 5) is 0. The Morgan fingerprint density at radius 1 is 1.38 bits per heavy atom. The molecule has 0 N–H and O–H groups in total. The second-order valence-corrected chi connectivity index (χ2v) is 3.57. The maximum absolute atomic E-state index is 13.0. The molecule has 0 saturated heterocycles. The van der Waals surface area contributed by atoms with Gasteiger partial charge < -0.3 is 4.74 Å². The Morgan fingerprint density at radius 2 is 2.08 bits per heavy atom. The highest BCUT2D eigenvalue weighted by Crippen LogP contribution is 2.29. The quantitative estimate of drug-likeness (QED) is 0.830. The van der Waals surface area contributed by atoms with Crippen LogP contribution in [0.1, 0.15) is 0 Å². The number of ether oxygens (including phenoxy) is 1. The van der Waals surface area contributed by atoms with E-state index < -0.39 is 11.6 Å². The third-order valence-electron chi connectivity index (χ3n) is 1.30. The average molecular weight is 269 g/mol. The number of halogens is 3. The molecule has 1 rings (SSSR count). The maximum atomic E-state index is 13.0. The number of thiol groups is 1. The predicted molar refractivity (Wildman–Crippen MR) is 53.4 cm³/mol. The third-order valence-corrected chi connectivity index (χ3v) is 2.07. The molecule has 0 aliphatic heterocycles. The van der Waals surface area contributed by atoms with Crippen LogP contribution in [0.3, 0.4) is 0 Å². The first kappa shape index (κ1) is 10.8. The minimum absolute atomic E-state index is 0.0236. The average Bonchev–Trinajstić information content (AvgIpc) is 2.02. The summed E-state index contributed by atoms with van der Waals surface area (Å²) in [6.07, 6.45) is 0. The summed E-state index contributed by atoms with van der Waals surface area (Å²) in [5.41, 5.74) is 0. The molecule has 0 atom stereocenters. The molecule has 0 aliphatic carbocycles. The number of benzene rings is 1. The SMILES string of the molecule is Fc1cc(F)c(OCCS)c(Br)c1. The van der Waals surface area contributed by atoms with Gasteiger partial charge in [0.25, 0.3) is 0 Å². The summed E-state index contributed by atoms with van der Waals surface area (Å²) in [6.45, 7) is 0.282. The summed E-state index contributed by atoms with van der Waals surface area (Å²) in [5, 5.41) is 0. The van der Waals surface area contributed by atoms with E-state index >= 15 is 0 Å². The molecule has 0 aliphatic rings. The van der Waals surface area contributed by atoms with E-state index in [2.05, 4.69) is 28.6 Å². The van der Waals surface area contributed by atoms with E-state index in [1.165, 1.54) is 0 Å². The Hall–Kier alpha value is -0.290. The Bertz CT molecular complexity index is 283. The van der Waals surface area contributed by atoms with E-state index in [9.17, 15) is 8.78 Å². The molecule has 0 radical (unpaired) electrons. The van der Waals surface area contributed by atoms with E-state index in [0.29, 0.717) is 5.75 Å². The first-order valence-corrected chi connectivity index (χ1v) is 4.96. The van der Waals surface area contributed by atoms with Crippen molar-refractivity contribution in [2.24, 2.45) is 0 Å². The van der Waals surface area contributed by atoms with Crippen molar-refractivity contribution >= 4 is 28.6 Å². The van der Waals surface area contributed by atoms with Crippen molar-refractivity contribution in [1.82, 2.24) is 0 Å². The van der Waals surface area contributed by atoms with Crippen LogP contribution in [0.5, 0.6) is 5.75 Å². The highest BCUT2D eigenvalue weighted by Gasteiger charge is 2.10. The smallest absolute Gasteiger partial charge is 0.169 e. The van der Waals surface area contributed by atoms with Gasteiger partial charge in [0, 0.05) is 11.8 Å². The van der Waals surface area contributed by atoms with Gasteiger partial charge in [0.1, 0.15) is 5.82 Å². The number of hydrogen-bond donors (Lipinski definition) is 1. The minimum atomic E-state index is -0.714. The van der Waals surface area contributed by atoms with Gasteiger partial charge in [-0.2, -0.15) is 12.6 Å². The molecule has 0 bridgehead atoms. The van der Waals surface area contributed by atoms with Gasteiger partial charge in [0.2, 0.25) is 0 Å². The molecular weight excluding hydrogens is 262 g/mol. The van der Waals surface area contributed by atoms with Crippen LogP contribution < -0.4 is 4.74 Å². The van der Waals surface area contributed by atoms with E-state index in [4.69, 9.17) is 4.74 Å². The lowest BCUT2D eigenvalue weighted by molar-refractivity contribution is 0.321. The normalized spacial score (nSPS) is 10.2. The van der Waals surface area contributed by atoms with E-state index in [1.54, 1.807) is 0 Å². The summed E-state index contributed by atoms with van der Waals surface area (Å²) in [6, 6.07) is 1.93. The van der Waals surface area contributed by atoms with Crippen LogP contribution >= 0.6 is 28.6 Å². The van der Waals surface area contributed by atoms with Crippen molar-refractivity contribution in [2.45, 2.75) is 0 Å². The molecule has 0 aromatic heterocycles. The van der Waals surface area contributed by atoms with E-state index in [-0.39, 0.29) is 16.8 Å². The highest BCUT2D eigenvalue weighted by atomic mass is 79.9. The summed E-state index contributed by atoms with van der Waals surface area (Å²) < 4.78 is 30.9. The Balaban J connectivity index is 2.92. The van der Waals surface area contributed by atoms with Gasteiger partial charge in [0.15, 0.2) is 11.6 Å².